The molecule has 18 heavy (non-hydrogen) atoms. The molecular weight excluding hydrogens is 226 g/mol. The van der Waals surface area contributed by atoms with Gasteiger partial charge in [-0.2, -0.15) is 0 Å². The molecule has 0 radical (unpaired) electrons. The van der Waals surface area contributed by atoms with Gasteiger partial charge in [0.25, 0.3) is 0 Å². The Hall–Kier alpha value is -1.39. The zero-order valence-electron chi connectivity index (χ0n) is 10.6. The first-order chi connectivity index (χ1) is 8.83. The highest BCUT2D eigenvalue weighted by atomic mass is 16.2. The second-order valence-corrected chi connectivity index (χ2v) is 5.04. The Labute approximate surface area is 108 Å². The van der Waals surface area contributed by atoms with Crippen LogP contribution in [-0.4, -0.2) is 48.4 Å². The van der Waals surface area contributed by atoms with Crippen molar-refractivity contribution >= 4 is 5.91 Å². The number of carbonyl (C=O) groups excluding carboxylic acids is 1. The van der Waals surface area contributed by atoms with E-state index in [1.807, 2.05) is 4.90 Å². The van der Waals surface area contributed by atoms with Crippen molar-refractivity contribution in [3.63, 3.8) is 0 Å². The Morgan fingerprint density at radius 2 is 1.72 bits per heavy atom. The molecule has 0 saturated carbocycles. The van der Waals surface area contributed by atoms with E-state index in [2.05, 4.69) is 34.5 Å². The van der Waals surface area contributed by atoms with E-state index in [0.717, 1.165) is 39.3 Å². The number of nitrogens with one attached hydrogen (secondary N) is 1. The van der Waals surface area contributed by atoms with E-state index in [4.69, 9.17) is 0 Å². The van der Waals surface area contributed by atoms with Crippen molar-refractivity contribution in [2.45, 2.75) is 13.1 Å². The van der Waals surface area contributed by atoms with Gasteiger partial charge in [0.2, 0.25) is 5.91 Å². The van der Waals surface area contributed by atoms with Gasteiger partial charge in [-0.05, 0) is 11.1 Å². The summed E-state index contributed by atoms with van der Waals surface area (Å²) in [5.74, 6) is 0.268. The maximum absolute atomic E-state index is 12.2. The van der Waals surface area contributed by atoms with Crippen molar-refractivity contribution in [2.75, 3.05) is 32.7 Å². The van der Waals surface area contributed by atoms with Gasteiger partial charge in [0.1, 0.15) is 0 Å². The van der Waals surface area contributed by atoms with Gasteiger partial charge in [-0.3, -0.25) is 9.69 Å². The lowest BCUT2D eigenvalue weighted by molar-refractivity contribution is -0.133. The minimum Gasteiger partial charge on any atom is -0.339 e. The predicted molar refractivity (Wildman–Crippen MR) is 70.0 cm³/mol. The van der Waals surface area contributed by atoms with Crippen LogP contribution in [0.3, 0.4) is 0 Å². The summed E-state index contributed by atoms with van der Waals surface area (Å²) in [5, 5.41) is 3.27. The molecule has 2 aliphatic rings. The van der Waals surface area contributed by atoms with Crippen molar-refractivity contribution in [3.05, 3.63) is 35.4 Å². The van der Waals surface area contributed by atoms with Crippen LogP contribution in [0.4, 0.5) is 0 Å². The standard InChI is InChI=1S/C14H19N3O/c18-14(17-7-5-15-6-8-17)11-16-9-12-3-1-2-4-13(12)10-16/h1-4,15H,5-11H2. The average molecular weight is 245 g/mol. The summed E-state index contributed by atoms with van der Waals surface area (Å²) in [6.45, 7) is 5.91. The molecule has 0 aliphatic carbocycles. The van der Waals surface area contributed by atoms with Gasteiger partial charge in [-0.1, -0.05) is 24.3 Å². The summed E-state index contributed by atoms with van der Waals surface area (Å²) in [4.78, 5) is 16.4. The van der Waals surface area contributed by atoms with Crippen LogP contribution in [0.15, 0.2) is 24.3 Å². The Kier molecular flexibility index (Phi) is 3.30. The number of carbonyl (C=O) groups is 1. The first kappa shape index (κ1) is 11.7. The maximum atomic E-state index is 12.2. The molecule has 0 bridgehead atoms. The topological polar surface area (TPSA) is 35.6 Å². The van der Waals surface area contributed by atoms with Crippen LogP contribution < -0.4 is 5.32 Å². The smallest absolute Gasteiger partial charge is 0.236 e. The van der Waals surface area contributed by atoms with Gasteiger partial charge in [-0.25, -0.2) is 0 Å². The van der Waals surface area contributed by atoms with E-state index in [0.29, 0.717) is 6.54 Å². The summed E-state index contributed by atoms with van der Waals surface area (Å²) < 4.78 is 0. The zero-order chi connectivity index (χ0) is 12.4. The molecular formula is C14H19N3O. The van der Waals surface area contributed by atoms with Crippen LogP contribution in [0.25, 0.3) is 0 Å². The SMILES string of the molecule is O=C(CN1Cc2ccccc2C1)N1CCNCC1. The molecule has 0 atom stereocenters. The van der Waals surface area contributed by atoms with Gasteiger partial charge >= 0.3 is 0 Å². The molecule has 1 aromatic rings. The average Bonchev–Trinajstić information content (AvgIpc) is 2.82. The summed E-state index contributed by atoms with van der Waals surface area (Å²) in [7, 11) is 0. The molecule has 0 spiro atoms. The number of rotatable bonds is 2. The molecule has 1 saturated heterocycles. The highest BCUT2D eigenvalue weighted by Gasteiger charge is 2.23. The van der Waals surface area contributed by atoms with Gasteiger partial charge in [0.15, 0.2) is 0 Å². The van der Waals surface area contributed by atoms with Crippen molar-refractivity contribution in [3.8, 4) is 0 Å². The van der Waals surface area contributed by atoms with E-state index < -0.39 is 0 Å². The Balaban J connectivity index is 1.57. The molecule has 0 aromatic heterocycles. The fourth-order valence-electron chi connectivity index (χ4n) is 2.72. The molecule has 1 fully saturated rings. The summed E-state index contributed by atoms with van der Waals surface area (Å²) in [6, 6.07) is 8.45. The summed E-state index contributed by atoms with van der Waals surface area (Å²) in [5.41, 5.74) is 2.73. The minimum absolute atomic E-state index is 0.268. The van der Waals surface area contributed by atoms with Crippen molar-refractivity contribution in [1.29, 1.82) is 0 Å². The molecule has 1 amide bonds. The van der Waals surface area contributed by atoms with Gasteiger partial charge in [0.05, 0.1) is 6.54 Å². The normalized spacial score (nSPS) is 19.9. The van der Waals surface area contributed by atoms with Crippen LogP contribution >= 0.6 is 0 Å². The Morgan fingerprint density at radius 1 is 1.11 bits per heavy atom. The maximum Gasteiger partial charge on any atom is 0.236 e. The number of piperazine rings is 1. The molecule has 1 aromatic carbocycles. The third-order valence-corrected chi connectivity index (χ3v) is 3.73. The van der Waals surface area contributed by atoms with Crippen molar-refractivity contribution in [1.82, 2.24) is 15.1 Å². The number of hydrogen-bond donors (Lipinski definition) is 1. The first-order valence-electron chi connectivity index (χ1n) is 6.60. The molecule has 1 N–H and O–H groups in total. The summed E-state index contributed by atoms with van der Waals surface area (Å²) in [6.07, 6.45) is 0. The third kappa shape index (κ3) is 2.40. The largest absolute Gasteiger partial charge is 0.339 e. The molecule has 4 heteroatoms. The van der Waals surface area contributed by atoms with Gasteiger partial charge in [-0.15, -0.1) is 0 Å². The number of amides is 1. The molecule has 3 rings (SSSR count). The number of hydrogen-bond acceptors (Lipinski definition) is 3. The van der Waals surface area contributed by atoms with E-state index in [1.54, 1.807) is 0 Å². The van der Waals surface area contributed by atoms with Crippen LogP contribution in [0.2, 0.25) is 0 Å². The highest BCUT2D eigenvalue weighted by Crippen LogP contribution is 2.21. The van der Waals surface area contributed by atoms with Gasteiger partial charge < -0.3 is 10.2 Å². The highest BCUT2D eigenvalue weighted by molar-refractivity contribution is 5.78. The lowest BCUT2D eigenvalue weighted by atomic mass is 10.1. The van der Waals surface area contributed by atoms with E-state index >= 15 is 0 Å². The number of nitrogens with zero attached hydrogens (tertiary/aromatic N) is 2. The second kappa shape index (κ2) is 5.08. The Bertz CT molecular complexity index is 415. The minimum atomic E-state index is 0.268. The van der Waals surface area contributed by atoms with Crippen LogP contribution in [0.1, 0.15) is 11.1 Å². The molecule has 2 aliphatic heterocycles. The predicted octanol–water partition coefficient (Wildman–Crippen LogP) is 0.434. The molecule has 0 unspecified atom stereocenters. The zero-order valence-corrected chi connectivity index (χ0v) is 10.6. The van der Waals surface area contributed by atoms with E-state index in [-0.39, 0.29) is 5.91 Å². The molecule has 2 heterocycles. The van der Waals surface area contributed by atoms with Gasteiger partial charge in [0, 0.05) is 39.3 Å². The fraction of sp³-hybridized carbons (Fsp3) is 0.500. The lowest BCUT2D eigenvalue weighted by Crippen LogP contribution is -2.49. The molecule has 96 valence electrons. The van der Waals surface area contributed by atoms with Crippen LogP contribution in [0.5, 0.6) is 0 Å². The number of benzene rings is 1. The second-order valence-electron chi connectivity index (χ2n) is 5.04. The molecule has 4 nitrogen and oxygen atoms in total. The monoisotopic (exact) mass is 245 g/mol. The summed E-state index contributed by atoms with van der Waals surface area (Å²) >= 11 is 0. The quantitative estimate of drug-likeness (QED) is 0.821. The van der Waals surface area contributed by atoms with Crippen molar-refractivity contribution in [2.24, 2.45) is 0 Å². The van der Waals surface area contributed by atoms with E-state index in [1.165, 1.54) is 11.1 Å². The van der Waals surface area contributed by atoms with Crippen LogP contribution in [-0.2, 0) is 17.9 Å². The Morgan fingerprint density at radius 3 is 2.33 bits per heavy atom. The first-order valence-corrected chi connectivity index (χ1v) is 6.60. The number of fused-ring (bicyclic) bond motifs is 1. The lowest BCUT2D eigenvalue weighted by Gasteiger charge is -2.29. The van der Waals surface area contributed by atoms with Crippen molar-refractivity contribution < 1.29 is 4.79 Å². The third-order valence-electron chi connectivity index (χ3n) is 3.73. The van der Waals surface area contributed by atoms with Crippen LogP contribution in [0, 0.1) is 0 Å². The fourth-order valence-corrected chi connectivity index (χ4v) is 2.72. The van der Waals surface area contributed by atoms with E-state index in [9.17, 15) is 4.79 Å².